The van der Waals surface area contributed by atoms with E-state index in [4.69, 9.17) is 5.11 Å². The Morgan fingerprint density at radius 2 is 2.25 bits per heavy atom. The molecule has 1 saturated heterocycles. The van der Waals surface area contributed by atoms with Crippen molar-refractivity contribution >= 4 is 5.97 Å². The number of rotatable bonds is 3. The quantitative estimate of drug-likeness (QED) is 0.928. The summed E-state index contributed by atoms with van der Waals surface area (Å²) < 4.78 is 39.3. The second-order valence-corrected chi connectivity index (χ2v) is 5.07. The van der Waals surface area contributed by atoms with Crippen molar-refractivity contribution in [2.24, 2.45) is 5.41 Å². The van der Waals surface area contributed by atoms with E-state index in [2.05, 4.69) is 4.98 Å². The molecule has 2 heterocycles. The van der Waals surface area contributed by atoms with Gasteiger partial charge in [0.05, 0.1) is 0 Å². The van der Waals surface area contributed by atoms with Crippen LogP contribution in [0.5, 0.6) is 0 Å². The van der Waals surface area contributed by atoms with Gasteiger partial charge in [0.25, 0.3) is 0 Å². The SMILES string of the molecule is CC(c1cccnc1)N1CCC(C(=O)O)(C(F)(F)F)C1. The van der Waals surface area contributed by atoms with E-state index in [1.807, 2.05) is 0 Å². The lowest BCUT2D eigenvalue weighted by molar-refractivity contribution is -0.227. The van der Waals surface area contributed by atoms with E-state index in [0.717, 1.165) is 5.56 Å². The molecule has 1 aromatic heterocycles. The minimum Gasteiger partial charge on any atom is -0.481 e. The van der Waals surface area contributed by atoms with Gasteiger partial charge in [-0.15, -0.1) is 0 Å². The van der Waals surface area contributed by atoms with Gasteiger partial charge < -0.3 is 5.11 Å². The molecule has 1 aliphatic heterocycles. The van der Waals surface area contributed by atoms with Gasteiger partial charge in [-0.05, 0) is 25.0 Å². The molecular formula is C13H15F3N2O2. The number of hydrogen-bond acceptors (Lipinski definition) is 3. The van der Waals surface area contributed by atoms with Gasteiger partial charge in [-0.25, -0.2) is 0 Å². The van der Waals surface area contributed by atoms with Crippen LogP contribution in [0, 0.1) is 5.41 Å². The zero-order chi connectivity index (χ0) is 15.0. The van der Waals surface area contributed by atoms with Crippen LogP contribution in [-0.4, -0.2) is 40.2 Å². The fraction of sp³-hybridized carbons (Fsp3) is 0.538. The monoisotopic (exact) mass is 288 g/mol. The molecule has 2 rings (SSSR count). The fourth-order valence-electron chi connectivity index (χ4n) is 2.53. The van der Waals surface area contributed by atoms with Gasteiger partial charge in [0, 0.05) is 31.5 Å². The summed E-state index contributed by atoms with van der Waals surface area (Å²) in [5, 5.41) is 9.01. The summed E-state index contributed by atoms with van der Waals surface area (Å²) in [6.07, 6.45) is -2.00. The Hall–Kier alpha value is -1.63. The van der Waals surface area contributed by atoms with Crippen LogP contribution in [0.15, 0.2) is 24.5 Å². The molecule has 1 N–H and O–H groups in total. The van der Waals surface area contributed by atoms with Crippen LogP contribution in [0.25, 0.3) is 0 Å². The minimum absolute atomic E-state index is 0.0991. The number of carboxylic acid groups (broad SMARTS) is 1. The number of pyridine rings is 1. The van der Waals surface area contributed by atoms with Crippen LogP contribution >= 0.6 is 0 Å². The van der Waals surface area contributed by atoms with Crippen molar-refractivity contribution in [1.29, 1.82) is 0 Å². The second kappa shape index (κ2) is 5.05. The van der Waals surface area contributed by atoms with E-state index in [-0.39, 0.29) is 12.6 Å². The first kappa shape index (κ1) is 14.8. The van der Waals surface area contributed by atoms with Crippen molar-refractivity contribution in [2.45, 2.75) is 25.6 Å². The van der Waals surface area contributed by atoms with Gasteiger partial charge in [-0.1, -0.05) is 6.07 Å². The Kier molecular flexibility index (Phi) is 3.73. The molecule has 20 heavy (non-hydrogen) atoms. The predicted octanol–water partition coefficient (Wildman–Crippen LogP) is 2.48. The van der Waals surface area contributed by atoms with E-state index in [0.29, 0.717) is 0 Å². The third-order valence-electron chi connectivity index (χ3n) is 3.97. The maximum atomic E-state index is 13.1. The summed E-state index contributed by atoms with van der Waals surface area (Å²) in [4.78, 5) is 16.6. The number of halogens is 3. The van der Waals surface area contributed by atoms with Crippen LogP contribution < -0.4 is 0 Å². The topological polar surface area (TPSA) is 53.4 Å². The number of carbonyl (C=O) groups is 1. The molecule has 0 amide bonds. The van der Waals surface area contributed by atoms with Crippen molar-refractivity contribution < 1.29 is 23.1 Å². The summed E-state index contributed by atoms with van der Waals surface area (Å²) in [6.45, 7) is 1.33. The molecule has 0 spiro atoms. The van der Waals surface area contributed by atoms with Crippen LogP contribution in [0.4, 0.5) is 13.2 Å². The molecule has 4 nitrogen and oxygen atoms in total. The first-order chi connectivity index (χ1) is 9.28. The zero-order valence-corrected chi connectivity index (χ0v) is 10.9. The van der Waals surface area contributed by atoms with Crippen LogP contribution in [0.3, 0.4) is 0 Å². The molecule has 2 unspecified atom stereocenters. The lowest BCUT2D eigenvalue weighted by Gasteiger charge is -2.29. The summed E-state index contributed by atoms with van der Waals surface area (Å²) >= 11 is 0. The number of aromatic nitrogens is 1. The van der Waals surface area contributed by atoms with Crippen molar-refractivity contribution in [2.75, 3.05) is 13.1 Å². The van der Waals surface area contributed by atoms with E-state index in [1.54, 1.807) is 36.4 Å². The van der Waals surface area contributed by atoms with Gasteiger partial charge in [0.15, 0.2) is 5.41 Å². The first-order valence-corrected chi connectivity index (χ1v) is 6.22. The molecule has 1 fully saturated rings. The van der Waals surface area contributed by atoms with Gasteiger partial charge in [0.1, 0.15) is 0 Å². The summed E-state index contributed by atoms with van der Waals surface area (Å²) in [7, 11) is 0. The normalized spacial score (nSPS) is 25.6. The molecule has 1 aliphatic rings. The lowest BCUT2D eigenvalue weighted by Crippen LogP contribution is -2.47. The largest absolute Gasteiger partial charge is 0.481 e. The molecule has 7 heteroatoms. The molecule has 0 bridgehead atoms. The molecule has 0 saturated carbocycles. The maximum absolute atomic E-state index is 13.1. The molecule has 1 aromatic rings. The average molecular weight is 288 g/mol. The second-order valence-electron chi connectivity index (χ2n) is 5.07. The Morgan fingerprint density at radius 1 is 1.55 bits per heavy atom. The Morgan fingerprint density at radius 3 is 2.70 bits per heavy atom. The van der Waals surface area contributed by atoms with E-state index in [9.17, 15) is 18.0 Å². The van der Waals surface area contributed by atoms with E-state index >= 15 is 0 Å². The third-order valence-corrected chi connectivity index (χ3v) is 3.97. The maximum Gasteiger partial charge on any atom is 0.406 e. The highest BCUT2D eigenvalue weighted by molar-refractivity contribution is 5.76. The zero-order valence-electron chi connectivity index (χ0n) is 10.9. The Bertz CT molecular complexity index is 492. The van der Waals surface area contributed by atoms with Crippen LogP contribution in [0.1, 0.15) is 24.9 Å². The summed E-state index contributed by atoms with van der Waals surface area (Å²) in [5.41, 5.74) is -1.89. The van der Waals surface area contributed by atoms with Crippen molar-refractivity contribution in [3.63, 3.8) is 0 Å². The molecule has 110 valence electrons. The summed E-state index contributed by atoms with van der Waals surface area (Å²) in [5.74, 6) is -1.80. The lowest BCUT2D eigenvalue weighted by atomic mass is 9.86. The van der Waals surface area contributed by atoms with Crippen molar-refractivity contribution in [3.8, 4) is 0 Å². The van der Waals surface area contributed by atoms with Gasteiger partial charge >= 0.3 is 12.1 Å². The van der Waals surface area contributed by atoms with Crippen molar-refractivity contribution in [1.82, 2.24) is 9.88 Å². The fourth-order valence-corrected chi connectivity index (χ4v) is 2.53. The number of hydrogen-bond donors (Lipinski definition) is 1. The predicted molar refractivity (Wildman–Crippen MR) is 65.0 cm³/mol. The standard InChI is InChI=1S/C13H15F3N2O2/c1-9(10-3-2-5-17-7-10)18-6-4-12(8-18,11(19)20)13(14,15)16/h2-3,5,7,9H,4,6,8H2,1H3,(H,19,20). The van der Waals surface area contributed by atoms with Crippen LogP contribution in [0.2, 0.25) is 0 Å². The third kappa shape index (κ3) is 2.37. The first-order valence-electron chi connectivity index (χ1n) is 6.22. The molecule has 2 atom stereocenters. The average Bonchev–Trinajstić information content (AvgIpc) is 2.85. The smallest absolute Gasteiger partial charge is 0.406 e. The number of nitrogens with zero attached hydrogens (tertiary/aromatic N) is 2. The molecular weight excluding hydrogens is 273 g/mol. The number of alkyl halides is 3. The highest BCUT2D eigenvalue weighted by atomic mass is 19.4. The Balaban J connectivity index is 2.21. The molecule has 0 aliphatic carbocycles. The highest BCUT2D eigenvalue weighted by Crippen LogP contribution is 2.47. The molecule has 0 aromatic carbocycles. The highest BCUT2D eigenvalue weighted by Gasteiger charge is 2.63. The molecule has 0 radical (unpaired) electrons. The number of likely N-dealkylation sites (tertiary alicyclic amines) is 1. The Labute approximate surface area is 114 Å². The van der Waals surface area contributed by atoms with E-state index in [1.165, 1.54) is 0 Å². The van der Waals surface area contributed by atoms with E-state index < -0.39 is 30.5 Å². The van der Waals surface area contributed by atoms with Gasteiger partial charge in [-0.3, -0.25) is 14.7 Å². The van der Waals surface area contributed by atoms with Gasteiger partial charge in [-0.2, -0.15) is 13.2 Å². The number of aliphatic carboxylic acids is 1. The number of carboxylic acids is 1. The summed E-state index contributed by atoms with van der Waals surface area (Å²) in [6, 6.07) is 3.18. The van der Waals surface area contributed by atoms with Gasteiger partial charge in [0.2, 0.25) is 0 Å². The van der Waals surface area contributed by atoms with Crippen molar-refractivity contribution in [3.05, 3.63) is 30.1 Å². The van der Waals surface area contributed by atoms with Crippen LogP contribution in [-0.2, 0) is 4.79 Å². The minimum atomic E-state index is -4.75.